The fourth-order valence-electron chi connectivity index (χ4n) is 1.36. The zero-order valence-corrected chi connectivity index (χ0v) is 13.2. The van der Waals surface area contributed by atoms with Crippen molar-refractivity contribution in [2.45, 2.75) is 58.7 Å². The van der Waals surface area contributed by atoms with Gasteiger partial charge in [0, 0.05) is 0 Å². The third-order valence-corrected chi connectivity index (χ3v) is 2.16. The number of hydrogen-bond acceptors (Lipinski definition) is 7. The van der Waals surface area contributed by atoms with Crippen molar-refractivity contribution in [1.29, 1.82) is 0 Å². The summed E-state index contributed by atoms with van der Waals surface area (Å²) in [5, 5.41) is 8.89. The SMILES string of the molecule is CCOC(=O)CC(OC(=O)CCC(=O)OC(C)(C)C)C(=O)O. The predicted molar refractivity (Wildman–Crippen MR) is 73.8 cm³/mol. The molecule has 1 unspecified atom stereocenters. The fourth-order valence-corrected chi connectivity index (χ4v) is 1.36. The smallest absolute Gasteiger partial charge is 0.345 e. The van der Waals surface area contributed by atoms with E-state index in [4.69, 9.17) is 9.84 Å². The van der Waals surface area contributed by atoms with Crippen LogP contribution in [0.1, 0.15) is 47.0 Å². The second kappa shape index (κ2) is 9.01. The van der Waals surface area contributed by atoms with E-state index in [1.165, 1.54) is 0 Å². The van der Waals surface area contributed by atoms with Crippen LogP contribution in [-0.4, -0.2) is 47.3 Å². The summed E-state index contributed by atoms with van der Waals surface area (Å²) >= 11 is 0. The average Bonchev–Trinajstić information content (AvgIpc) is 2.33. The zero-order valence-electron chi connectivity index (χ0n) is 13.2. The lowest BCUT2D eigenvalue weighted by molar-refractivity contribution is -0.169. The van der Waals surface area contributed by atoms with Gasteiger partial charge < -0.3 is 19.3 Å². The Labute approximate surface area is 128 Å². The molecule has 0 rings (SSSR count). The first kappa shape index (κ1) is 19.9. The van der Waals surface area contributed by atoms with Gasteiger partial charge >= 0.3 is 23.9 Å². The van der Waals surface area contributed by atoms with E-state index in [1.54, 1.807) is 27.7 Å². The number of carbonyl (C=O) groups is 4. The Balaban J connectivity index is 4.32. The predicted octanol–water partition coefficient (Wildman–Crippen LogP) is 1.06. The van der Waals surface area contributed by atoms with Gasteiger partial charge in [-0.3, -0.25) is 14.4 Å². The van der Waals surface area contributed by atoms with E-state index < -0.39 is 42.0 Å². The minimum absolute atomic E-state index is 0.0950. The van der Waals surface area contributed by atoms with Crippen molar-refractivity contribution in [2.24, 2.45) is 0 Å². The Hall–Kier alpha value is -2.12. The first-order valence-electron chi connectivity index (χ1n) is 6.85. The number of carboxylic acids is 1. The van der Waals surface area contributed by atoms with E-state index in [9.17, 15) is 19.2 Å². The number of ether oxygens (including phenoxy) is 3. The maximum absolute atomic E-state index is 11.5. The van der Waals surface area contributed by atoms with Crippen molar-refractivity contribution in [3.63, 3.8) is 0 Å². The van der Waals surface area contributed by atoms with Gasteiger partial charge in [-0.05, 0) is 27.7 Å². The first-order valence-corrected chi connectivity index (χ1v) is 6.85. The van der Waals surface area contributed by atoms with Gasteiger partial charge in [-0.2, -0.15) is 0 Å². The molecule has 0 aromatic carbocycles. The van der Waals surface area contributed by atoms with E-state index in [0.717, 1.165) is 0 Å². The quantitative estimate of drug-likeness (QED) is 0.521. The summed E-state index contributed by atoms with van der Waals surface area (Å²) in [6.45, 7) is 6.72. The highest BCUT2D eigenvalue weighted by Crippen LogP contribution is 2.10. The van der Waals surface area contributed by atoms with Crippen molar-refractivity contribution in [1.82, 2.24) is 0 Å². The molecule has 0 aliphatic heterocycles. The number of hydrogen-bond donors (Lipinski definition) is 1. The highest BCUT2D eigenvalue weighted by atomic mass is 16.6. The largest absolute Gasteiger partial charge is 0.478 e. The highest BCUT2D eigenvalue weighted by molar-refractivity contribution is 5.84. The van der Waals surface area contributed by atoms with Gasteiger partial charge in [-0.15, -0.1) is 0 Å². The second-order valence-electron chi connectivity index (χ2n) is 5.41. The number of carbonyl (C=O) groups excluding carboxylic acids is 3. The van der Waals surface area contributed by atoms with Crippen molar-refractivity contribution < 1.29 is 38.5 Å². The lowest BCUT2D eigenvalue weighted by Gasteiger charge is -2.19. The molecule has 0 saturated heterocycles. The van der Waals surface area contributed by atoms with Gasteiger partial charge in [0.05, 0.1) is 25.9 Å². The van der Waals surface area contributed by atoms with Crippen LogP contribution in [0.15, 0.2) is 0 Å². The molecule has 0 aromatic rings. The maximum Gasteiger partial charge on any atom is 0.345 e. The van der Waals surface area contributed by atoms with Crippen LogP contribution in [-0.2, 0) is 33.4 Å². The van der Waals surface area contributed by atoms with Gasteiger partial charge in [-0.1, -0.05) is 0 Å². The first-order chi connectivity index (χ1) is 10.0. The van der Waals surface area contributed by atoms with E-state index in [2.05, 4.69) is 9.47 Å². The lowest BCUT2D eigenvalue weighted by Crippen LogP contribution is -2.30. The normalized spacial score (nSPS) is 12.2. The molecular weight excluding hydrogens is 296 g/mol. The molecule has 0 amide bonds. The topological polar surface area (TPSA) is 116 Å². The molecule has 8 heteroatoms. The molecule has 0 bridgehead atoms. The Morgan fingerprint density at radius 1 is 1.00 bits per heavy atom. The zero-order chi connectivity index (χ0) is 17.3. The number of esters is 3. The number of carboxylic acid groups (broad SMARTS) is 1. The minimum atomic E-state index is -1.63. The molecule has 0 fully saturated rings. The van der Waals surface area contributed by atoms with Crippen molar-refractivity contribution >= 4 is 23.9 Å². The number of aliphatic carboxylic acids is 1. The van der Waals surface area contributed by atoms with Crippen LogP contribution >= 0.6 is 0 Å². The molecule has 8 nitrogen and oxygen atoms in total. The molecule has 0 aromatic heterocycles. The van der Waals surface area contributed by atoms with E-state index in [-0.39, 0.29) is 19.4 Å². The molecule has 0 radical (unpaired) electrons. The molecule has 126 valence electrons. The Morgan fingerprint density at radius 3 is 2.00 bits per heavy atom. The van der Waals surface area contributed by atoms with Crippen molar-refractivity contribution in [2.75, 3.05) is 6.61 Å². The molecule has 0 aliphatic rings. The summed E-state index contributed by atoms with van der Waals surface area (Å²) < 4.78 is 14.3. The summed E-state index contributed by atoms with van der Waals surface area (Å²) in [6.07, 6.45) is -2.78. The molecule has 0 saturated carbocycles. The van der Waals surface area contributed by atoms with Crippen LogP contribution in [0.5, 0.6) is 0 Å². The lowest BCUT2D eigenvalue weighted by atomic mass is 10.2. The van der Waals surface area contributed by atoms with Crippen LogP contribution in [0.25, 0.3) is 0 Å². The van der Waals surface area contributed by atoms with Gasteiger partial charge in [0.15, 0.2) is 0 Å². The van der Waals surface area contributed by atoms with E-state index in [0.29, 0.717) is 0 Å². The van der Waals surface area contributed by atoms with Crippen molar-refractivity contribution in [3.8, 4) is 0 Å². The molecule has 0 heterocycles. The average molecular weight is 318 g/mol. The van der Waals surface area contributed by atoms with Crippen LogP contribution in [0, 0.1) is 0 Å². The van der Waals surface area contributed by atoms with Crippen LogP contribution in [0.3, 0.4) is 0 Å². The fraction of sp³-hybridized carbons (Fsp3) is 0.714. The van der Waals surface area contributed by atoms with Crippen LogP contribution in [0.4, 0.5) is 0 Å². The van der Waals surface area contributed by atoms with Crippen molar-refractivity contribution in [3.05, 3.63) is 0 Å². The number of rotatable bonds is 8. The molecular formula is C14H22O8. The van der Waals surface area contributed by atoms with Crippen LogP contribution < -0.4 is 0 Å². The highest BCUT2D eigenvalue weighted by Gasteiger charge is 2.26. The Morgan fingerprint density at radius 2 is 1.55 bits per heavy atom. The third-order valence-electron chi connectivity index (χ3n) is 2.16. The summed E-state index contributed by atoms with van der Waals surface area (Å²) in [5.41, 5.74) is -0.672. The molecule has 1 N–H and O–H groups in total. The minimum Gasteiger partial charge on any atom is -0.478 e. The maximum atomic E-state index is 11.5. The van der Waals surface area contributed by atoms with Gasteiger partial charge in [0.1, 0.15) is 5.60 Å². The summed E-state index contributed by atoms with van der Waals surface area (Å²) in [5.74, 6) is -3.74. The monoisotopic (exact) mass is 318 g/mol. The molecule has 22 heavy (non-hydrogen) atoms. The summed E-state index contributed by atoms with van der Waals surface area (Å²) in [6, 6.07) is 0. The molecule has 1 atom stereocenters. The third kappa shape index (κ3) is 9.73. The van der Waals surface area contributed by atoms with E-state index >= 15 is 0 Å². The molecule has 0 spiro atoms. The Kier molecular flexibility index (Phi) is 8.14. The van der Waals surface area contributed by atoms with Crippen LogP contribution in [0.2, 0.25) is 0 Å². The van der Waals surface area contributed by atoms with Gasteiger partial charge in [-0.25, -0.2) is 4.79 Å². The van der Waals surface area contributed by atoms with Gasteiger partial charge in [0.2, 0.25) is 6.10 Å². The molecule has 0 aliphatic carbocycles. The Bertz CT molecular complexity index is 421. The summed E-state index contributed by atoms with van der Waals surface area (Å²) in [7, 11) is 0. The second-order valence-corrected chi connectivity index (χ2v) is 5.41. The summed E-state index contributed by atoms with van der Waals surface area (Å²) in [4.78, 5) is 45.1. The van der Waals surface area contributed by atoms with Gasteiger partial charge in [0.25, 0.3) is 0 Å². The standard InChI is InChI=1S/C14H22O8/c1-5-20-12(17)8-9(13(18)19)21-10(15)6-7-11(16)22-14(2,3)4/h9H,5-8H2,1-4H3,(H,18,19). The van der Waals surface area contributed by atoms with E-state index in [1.807, 2.05) is 0 Å².